The van der Waals surface area contributed by atoms with Crippen molar-refractivity contribution in [2.75, 3.05) is 6.54 Å². The summed E-state index contributed by atoms with van der Waals surface area (Å²) in [6, 6.07) is 5.81. The maximum absolute atomic E-state index is 11.0. The number of hydrogen-bond acceptors (Lipinski definition) is 4. The average Bonchev–Trinajstić information content (AvgIpc) is 2.92. The summed E-state index contributed by atoms with van der Waals surface area (Å²) >= 11 is 0. The number of fused-ring (bicyclic) bond motifs is 1. The second-order valence-corrected chi connectivity index (χ2v) is 4.66. The number of benzene rings is 1. The molecule has 18 heavy (non-hydrogen) atoms. The van der Waals surface area contributed by atoms with Crippen molar-refractivity contribution in [3.8, 4) is 0 Å². The molecule has 1 fully saturated rings. The fourth-order valence-electron chi connectivity index (χ4n) is 2.52. The van der Waals surface area contributed by atoms with Gasteiger partial charge in [-0.05, 0) is 18.1 Å². The van der Waals surface area contributed by atoms with Gasteiger partial charge >= 0.3 is 5.97 Å². The van der Waals surface area contributed by atoms with Gasteiger partial charge in [0.05, 0.1) is 5.92 Å². The first kappa shape index (κ1) is 11.2. The predicted octanol–water partition coefficient (Wildman–Crippen LogP) is 1.87. The highest BCUT2D eigenvalue weighted by molar-refractivity contribution is 5.78. The third-order valence-corrected chi connectivity index (χ3v) is 3.41. The zero-order valence-electron chi connectivity index (χ0n) is 10.0. The number of rotatable bonds is 2. The molecule has 0 spiro atoms. The molecule has 0 aliphatic carbocycles. The minimum absolute atomic E-state index is 0.0410. The molecule has 94 valence electrons. The summed E-state index contributed by atoms with van der Waals surface area (Å²) < 4.78 is 5.49. The lowest BCUT2D eigenvalue weighted by molar-refractivity contribution is -0.141. The molecule has 1 aromatic carbocycles. The van der Waals surface area contributed by atoms with E-state index in [0.29, 0.717) is 18.9 Å². The molecule has 2 aromatic rings. The highest BCUT2D eigenvalue weighted by Crippen LogP contribution is 2.32. The van der Waals surface area contributed by atoms with E-state index in [1.807, 2.05) is 25.1 Å². The molecule has 0 amide bonds. The number of nitrogens with zero attached hydrogens (tertiary/aromatic N) is 1. The Bertz CT molecular complexity index is 605. The van der Waals surface area contributed by atoms with E-state index in [2.05, 4.69) is 10.3 Å². The van der Waals surface area contributed by atoms with E-state index in [9.17, 15) is 4.79 Å². The summed E-state index contributed by atoms with van der Waals surface area (Å²) in [5.41, 5.74) is 2.61. The van der Waals surface area contributed by atoms with Crippen LogP contribution in [0.25, 0.3) is 11.1 Å². The number of aromatic nitrogens is 1. The molecule has 1 saturated heterocycles. The van der Waals surface area contributed by atoms with Crippen LogP contribution in [-0.4, -0.2) is 22.6 Å². The van der Waals surface area contributed by atoms with Gasteiger partial charge in [0.15, 0.2) is 11.5 Å². The van der Waals surface area contributed by atoms with Crippen LogP contribution in [0.5, 0.6) is 0 Å². The molecular formula is C13H14N2O3. The summed E-state index contributed by atoms with van der Waals surface area (Å²) in [5, 5.41) is 12.3. The van der Waals surface area contributed by atoms with Crippen LogP contribution in [0.4, 0.5) is 0 Å². The van der Waals surface area contributed by atoms with Gasteiger partial charge in [0.25, 0.3) is 0 Å². The minimum atomic E-state index is -0.742. The molecule has 0 saturated carbocycles. The van der Waals surface area contributed by atoms with Gasteiger partial charge in [-0.2, -0.15) is 0 Å². The van der Waals surface area contributed by atoms with Crippen LogP contribution in [0.2, 0.25) is 0 Å². The molecular weight excluding hydrogens is 232 g/mol. The van der Waals surface area contributed by atoms with Gasteiger partial charge in [-0.3, -0.25) is 4.79 Å². The first-order chi connectivity index (χ1) is 8.65. The molecule has 2 N–H and O–H groups in total. The Morgan fingerprint density at radius 3 is 3.11 bits per heavy atom. The first-order valence-corrected chi connectivity index (χ1v) is 5.97. The van der Waals surface area contributed by atoms with Crippen molar-refractivity contribution in [3.63, 3.8) is 0 Å². The van der Waals surface area contributed by atoms with Gasteiger partial charge in [-0.25, -0.2) is 4.98 Å². The summed E-state index contributed by atoms with van der Waals surface area (Å²) in [6.45, 7) is 2.32. The van der Waals surface area contributed by atoms with Crippen LogP contribution >= 0.6 is 0 Å². The largest absolute Gasteiger partial charge is 0.481 e. The lowest BCUT2D eigenvalue weighted by Gasteiger charge is -2.10. The number of hydrogen-bond donors (Lipinski definition) is 2. The zero-order chi connectivity index (χ0) is 12.7. The Balaban J connectivity index is 1.98. The molecule has 5 nitrogen and oxygen atoms in total. The number of carboxylic acids is 1. The van der Waals surface area contributed by atoms with Crippen molar-refractivity contribution in [1.29, 1.82) is 0 Å². The number of carbonyl (C=O) groups is 1. The van der Waals surface area contributed by atoms with Gasteiger partial charge < -0.3 is 14.8 Å². The van der Waals surface area contributed by atoms with E-state index in [1.165, 1.54) is 0 Å². The molecule has 2 atom stereocenters. The lowest BCUT2D eigenvalue weighted by atomic mass is 9.99. The van der Waals surface area contributed by atoms with E-state index in [1.54, 1.807) is 0 Å². The Morgan fingerprint density at radius 1 is 1.56 bits per heavy atom. The quantitative estimate of drug-likeness (QED) is 0.846. The summed E-state index contributed by atoms with van der Waals surface area (Å²) in [5.74, 6) is -0.433. The third-order valence-electron chi connectivity index (χ3n) is 3.41. The third kappa shape index (κ3) is 1.76. The molecule has 3 rings (SSSR count). The number of oxazole rings is 1. The second kappa shape index (κ2) is 4.10. The van der Waals surface area contributed by atoms with Gasteiger partial charge in [0, 0.05) is 19.5 Å². The summed E-state index contributed by atoms with van der Waals surface area (Å²) in [4.78, 5) is 15.3. The molecule has 1 aliphatic heterocycles. The Morgan fingerprint density at radius 2 is 2.39 bits per heavy atom. The van der Waals surface area contributed by atoms with Gasteiger partial charge in [0.1, 0.15) is 5.52 Å². The van der Waals surface area contributed by atoms with E-state index in [4.69, 9.17) is 9.52 Å². The Kier molecular flexibility index (Phi) is 2.56. The number of para-hydroxylation sites is 1. The smallest absolute Gasteiger partial charge is 0.307 e. The maximum atomic E-state index is 11.0. The molecule has 1 aromatic heterocycles. The molecule has 2 heterocycles. The molecule has 2 unspecified atom stereocenters. The predicted molar refractivity (Wildman–Crippen MR) is 65.2 cm³/mol. The lowest BCUT2D eigenvalue weighted by Crippen LogP contribution is -2.17. The Hall–Kier alpha value is -1.88. The van der Waals surface area contributed by atoms with Crippen LogP contribution in [0.3, 0.4) is 0 Å². The van der Waals surface area contributed by atoms with Gasteiger partial charge in [0.2, 0.25) is 0 Å². The van der Waals surface area contributed by atoms with Crippen LogP contribution in [0.1, 0.15) is 23.9 Å². The highest BCUT2D eigenvalue weighted by Gasteiger charge is 2.31. The van der Waals surface area contributed by atoms with Crippen LogP contribution < -0.4 is 5.32 Å². The monoisotopic (exact) mass is 246 g/mol. The van der Waals surface area contributed by atoms with Crippen molar-refractivity contribution in [2.24, 2.45) is 5.92 Å². The molecule has 0 radical (unpaired) electrons. The van der Waals surface area contributed by atoms with Crippen molar-refractivity contribution in [3.05, 3.63) is 29.7 Å². The average molecular weight is 246 g/mol. The summed E-state index contributed by atoms with van der Waals surface area (Å²) in [7, 11) is 0. The van der Waals surface area contributed by atoms with Crippen molar-refractivity contribution in [1.82, 2.24) is 10.3 Å². The normalized spacial score (nSPS) is 23.6. The van der Waals surface area contributed by atoms with Crippen LogP contribution in [-0.2, 0) is 4.79 Å². The number of aryl methyl sites for hydroxylation is 1. The van der Waals surface area contributed by atoms with E-state index in [-0.39, 0.29) is 12.0 Å². The Labute approximate surface area is 104 Å². The maximum Gasteiger partial charge on any atom is 0.307 e. The molecule has 0 bridgehead atoms. The van der Waals surface area contributed by atoms with E-state index >= 15 is 0 Å². The van der Waals surface area contributed by atoms with E-state index in [0.717, 1.165) is 16.7 Å². The fraction of sp³-hybridized carbons (Fsp3) is 0.385. The first-order valence-electron chi connectivity index (χ1n) is 5.97. The summed E-state index contributed by atoms with van der Waals surface area (Å²) in [6.07, 6.45) is 0.598. The van der Waals surface area contributed by atoms with Crippen LogP contribution in [0.15, 0.2) is 22.6 Å². The van der Waals surface area contributed by atoms with Gasteiger partial charge in [-0.15, -0.1) is 0 Å². The standard InChI is InChI=1S/C13H14N2O3/c1-7-15-12-9(3-2-4-11(12)18-7)10-5-8(6-14-10)13(16)17/h2-4,8,10,14H,5-6H2,1H3,(H,16,17). The number of carboxylic acid groups (broad SMARTS) is 1. The molecule has 1 aliphatic rings. The van der Waals surface area contributed by atoms with Crippen molar-refractivity contribution < 1.29 is 14.3 Å². The van der Waals surface area contributed by atoms with Crippen LogP contribution in [0, 0.1) is 12.8 Å². The second-order valence-electron chi connectivity index (χ2n) is 4.66. The minimum Gasteiger partial charge on any atom is -0.481 e. The van der Waals surface area contributed by atoms with Crippen molar-refractivity contribution >= 4 is 17.1 Å². The zero-order valence-corrected chi connectivity index (χ0v) is 10.0. The molecule has 5 heteroatoms. The van der Waals surface area contributed by atoms with Crippen molar-refractivity contribution in [2.45, 2.75) is 19.4 Å². The topological polar surface area (TPSA) is 75.4 Å². The number of aliphatic carboxylic acids is 1. The van der Waals surface area contributed by atoms with E-state index < -0.39 is 5.97 Å². The SMILES string of the molecule is Cc1nc2c(C3CC(C(=O)O)CN3)cccc2o1. The number of nitrogens with one attached hydrogen (secondary N) is 1. The van der Waals surface area contributed by atoms with Gasteiger partial charge in [-0.1, -0.05) is 12.1 Å². The fourth-order valence-corrected chi connectivity index (χ4v) is 2.52. The highest BCUT2D eigenvalue weighted by atomic mass is 16.4.